The maximum absolute atomic E-state index is 12.6. The number of ether oxygens (including phenoxy) is 1. The highest BCUT2D eigenvalue weighted by molar-refractivity contribution is 7.92. The van der Waals surface area contributed by atoms with Crippen LogP contribution in [-0.2, 0) is 19.4 Å². The molecule has 2 aromatic rings. The normalized spacial score (nSPS) is 16.3. The lowest BCUT2D eigenvalue weighted by atomic mass is 10.0. The molecule has 8 heteroatoms. The third kappa shape index (κ3) is 6.27. The van der Waals surface area contributed by atoms with Gasteiger partial charge in [0.15, 0.2) is 9.84 Å². The van der Waals surface area contributed by atoms with Gasteiger partial charge in [-0.2, -0.15) is 0 Å². The van der Waals surface area contributed by atoms with Gasteiger partial charge in [-0.3, -0.25) is 9.69 Å². The Morgan fingerprint density at radius 3 is 2.34 bits per heavy atom. The molecule has 0 aromatic heterocycles. The second kappa shape index (κ2) is 9.71. The lowest BCUT2D eigenvalue weighted by Crippen LogP contribution is -2.44. The summed E-state index contributed by atoms with van der Waals surface area (Å²) in [4.78, 5) is 14.9. The largest absolute Gasteiger partial charge is 0.379 e. The molecular weight excluding hydrogens is 412 g/mol. The van der Waals surface area contributed by atoms with Crippen molar-refractivity contribution in [3.63, 3.8) is 0 Å². The van der Waals surface area contributed by atoms with Crippen molar-refractivity contribution in [1.82, 2.24) is 10.2 Å². The molecule has 1 N–H and O–H groups in total. The number of morpholine rings is 1. The van der Waals surface area contributed by atoms with Gasteiger partial charge in [0.1, 0.15) is 5.75 Å². The maximum Gasteiger partial charge on any atom is 0.236 e. The van der Waals surface area contributed by atoms with Crippen molar-refractivity contribution in [3.05, 3.63) is 64.7 Å². The number of sulfone groups is 1. The minimum absolute atomic E-state index is 0.0807. The van der Waals surface area contributed by atoms with E-state index in [1.807, 2.05) is 31.2 Å². The average molecular weight is 437 g/mol. The number of hydrogen-bond acceptors (Lipinski definition) is 5. The Labute approximate surface area is 176 Å². The van der Waals surface area contributed by atoms with Crippen LogP contribution in [0.3, 0.4) is 0 Å². The van der Waals surface area contributed by atoms with Gasteiger partial charge in [-0.05, 0) is 36.8 Å². The molecule has 3 rings (SSSR count). The first-order valence-corrected chi connectivity index (χ1v) is 11.5. The third-order valence-electron chi connectivity index (χ3n) is 4.85. The number of aryl methyl sites for hydroxylation is 1. The van der Waals surface area contributed by atoms with E-state index in [2.05, 4.69) is 10.2 Å². The molecular formula is C21H25ClN2O4S. The van der Waals surface area contributed by atoms with Gasteiger partial charge in [-0.25, -0.2) is 8.42 Å². The van der Waals surface area contributed by atoms with E-state index in [0.717, 1.165) is 24.2 Å². The Bertz CT molecular complexity index is 924. The summed E-state index contributed by atoms with van der Waals surface area (Å²) in [6, 6.07) is 13.4. The smallest absolute Gasteiger partial charge is 0.236 e. The van der Waals surface area contributed by atoms with E-state index in [-0.39, 0.29) is 10.9 Å². The lowest BCUT2D eigenvalue weighted by molar-refractivity contribution is -0.119. The van der Waals surface area contributed by atoms with E-state index >= 15 is 0 Å². The minimum atomic E-state index is -3.75. The quantitative estimate of drug-likeness (QED) is 0.722. The van der Waals surface area contributed by atoms with E-state index in [1.165, 1.54) is 24.3 Å². The van der Waals surface area contributed by atoms with Gasteiger partial charge in [0.2, 0.25) is 5.91 Å². The summed E-state index contributed by atoms with van der Waals surface area (Å²) in [5.74, 6) is -1.14. The number of nitrogens with zero attached hydrogens (tertiary/aromatic N) is 1. The van der Waals surface area contributed by atoms with Crippen molar-refractivity contribution in [2.24, 2.45) is 0 Å². The van der Waals surface area contributed by atoms with E-state index in [1.54, 1.807) is 0 Å². The van der Waals surface area contributed by atoms with E-state index < -0.39 is 21.5 Å². The fourth-order valence-corrected chi connectivity index (χ4v) is 4.48. The molecule has 1 heterocycles. The molecule has 0 bridgehead atoms. The van der Waals surface area contributed by atoms with Crippen LogP contribution < -0.4 is 5.32 Å². The number of benzene rings is 2. The van der Waals surface area contributed by atoms with Gasteiger partial charge in [0.25, 0.3) is 0 Å². The van der Waals surface area contributed by atoms with Crippen LogP contribution in [-0.4, -0.2) is 57.8 Å². The molecule has 0 spiro atoms. The molecule has 1 saturated heterocycles. The fraction of sp³-hybridized carbons (Fsp3) is 0.381. The van der Waals surface area contributed by atoms with Gasteiger partial charge >= 0.3 is 0 Å². The fourth-order valence-electron chi connectivity index (χ4n) is 3.21. The first-order chi connectivity index (χ1) is 13.8. The maximum atomic E-state index is 12.6. The molecule has 2 aromatic carbocycles. The Morgan fingerprint density at radius 1 is 1.10 bits per heavy atom. The summed E-state index contributed by atoms with van der Waals surface area (Å²) in [5.41, 5.74) is 2.06. The molecule has 6 nitrogen and oxygen atoms in total. The zero-order chi connectivity index (χ0) is 20.9. The predicted octanol–water partition coefficient (Wildman–Crippen LogP) is 2.61. The highest BCUT2D eigenvalue weighted by Crippen LogP contribution is 2.18. The number of carbonyl (C=O) groups is 1. The summed E-state index contributed by atoms with van der Waals surface area (Å²) in [6.45, 7) is 5.46. The van der Waals surface area contributed by atoms with Crippen molar-refractivity contribution in [2.75, 3.05) is 38.6 Å². The highest BCUT2D eigenvalue weighted by Gasteiger charge is 2.24. The molecule has 0 aliphatic carbocycles. The average Bonchev–Trinajstić information content (AvgIpc) is 2.69. The number of hydrogen-bond donors (Lipinski definition) is 1. The Morgan fingerprint density at radius 2 is 1.72 bits per heavy atom. The molecule has 1 fully saturated rings. The van der Waals surface area contributed by atoms with Crippen molar-refractivity contribution in [2.45, 2.75) is 17.9 Å². The predicted molar refractivity (Wildman–Crippen MR) is 113 cm³/mol. The topological polar surface area (TPSA) is 75.7 Å². The van der Waals surface area contributed by atoms with Gasteiger partial charge in [-0.15, -0.1) is 0 Å². The van der Waals surface area contributed by atoms with Crippen LogP contribution in [0.1, 0.15) is 17.2 Å². The van der Waals surface area contributed by atoms with Crippen molar-refractivity contribution < 1.29 is 17.9 Å². The summed E-state index contributed by atoms with van der Waals surface area (Å²) >= 11 is 5.82. The van der Waals surface area contributed by atoms with Crippen molar-refractivity contribution in [1.29, 1.82) is 0 Å². The molecule has 1 aliphatic heterocycles. The second-order valence-corrected chi connectivity index (χ2v) is 9.58. The van der Waals surface area contributed by atoms with Crippen LogP contribution in [0.5, 0.6) is 0 Å². The molecule has 1 aliphatic rings. The molecule has 156 valence electrons. The van der Waals surface area contributed by atoms with Crippen LogP contribution in [0.25, 0.3) is 0 Å². The van der Waals surface area contributed by atoms with Crippen molar-refractivity contribution >= 4 is 27.3 Å². The summed E-state index contributed by atoms with van der Waals surface area (Å²) < 4.78 is 30.5. The Kier molecular flexibility index (Phi) is 7.29. The van der Waals surface area contributed by atoms with E-state index in [4.69, 9.17) is 16.3 Å². The first kappa shape index (κ1) is 21.8. The van der Waals surface area contributed by atoms with Crippen LogP contribution in [0.2, 0.25) is 5.02 Å². The number of nitrogens with one attached hydrogen (secondary N) is 1. The molecule has 0 saturated carbocycles. The molecule has 29 heavy (non-hydrogen) atoms. The number of halogens is 1. The zero-order valence-electron chi connectivity index (χ0n) is 16.3. The lowest BCUT2D eigenvalue weighted by Gasteiger charge is -2.31. The number of rotatable bonds is 7. The van der Waals surface area contributed by atoms with Gasteiger partial charge in [0.05, 0.1) is 24.2 Å². The molecule has 1 atom stereocenters. The van der Waals surface area contributed by atoms with Crippen LogP contribution in [0, 0.1) is 6.92 Å². The van der Waals surface area contributed by atoms with E-state index in [9.17, 15) is 13.2 Å². The Balaban J connectivity index is 1.72. The van der Waals surface area contributed by atoms with Crippen LogP contribution in [0.15, 0.2) is 53.4 Å². The second-order valence-electron chi connectivity index (χ2n) is 7.16. The van der Waals surface area contributed by atoms with Gasteiger partial charge < -0.3 is 10.1 Å². The van der Waals surface area contributed by atoms with Gasteiger partial charge in [-0.1, -0.05) is 41.4 Å². The van der Waals surface area contributed by atoms with Gasteiger partial charge in [0, 0.05) is 24.7 Å². The van der Waals surface area contributed by atoms with Crippen LogP contribution in [0.4, 0.5) is 0 Å². The SMILES string of the molecule is Cc1ccc(C(CN2CCOCC2)NC(=O)CS(=O)(=O)c2ccc(Cl)cc2)cc1. The Hall–Kier alpha value is -1.93. The highest BCUT2D eigenvalue weighted by atomic mass is 35.5. The molecule has 1 amide bonds. The number of amides is 1. The summed E-state index contributed by atoms with van der Waals surface area (Å²) in [6.07, 6.45) is 0. The minimum Gasteiger partial charge on any atom is -0.379 e. The molecule has 0 radical (unpaired) electrons. The molecule has 1 unspecified atom stereocenters. The first-order valence-electron chi connectivity index (χ1n) is 9.48. The summed E-state index contributed by atoms with van der Waals surface area (Å²) in [7, 11) is -3.75. The number of carbonyl (C=O) groups excluding carboxylic acids is 1. The van der Waals surface area contributed by atoms with Crippen molar-refractivity contribution in [3.8, 4) is 0 Å². The monoisotopic (exact) mass is 436 g/mol. The third-order valence-corrected chi connectivity index (χ3v) is 6.74. The summed E-state index contributed by atoms with van der Waals surface area (Å²) in [5, 5.41) is 3.35. The van der Waals surface area contributed by atoms with Crippen LogP contribution >= 0.6 is 11.6 Å². The zero-order valence-corrected chi connectivity index (χ0v) is 17.9. The standard InChI is InChI=1S/C21H25ClN2O4S/c1-16-2-4-17(5-3-16)20(14-24-10-12-28-13-11-24)23-21(25)15-29(26,27)19-8-6-18(22)7-9-19/h2-9,20H,10-15H2,1H3,(H,23,25). The van der Waals surface area contributed by atoms with E-state index in [0.29, 0.717) is 24.8 Å².